The molecule has 1 heterocycles. The van der Waals surface area contributed by atoms with Crippen molar-refractivity contribution in [3.05, 3.63) is 65.2 Å². The van der Waals surface area contributed by atoms with Crippen LogP contribution < -0.4 is 4.90 Å². The molecule has 0 bridgehead atoms. The first-order valence-electron chi connectivity index (χ1n) is 8.43. The monoisotopic (exact) mass is 294 g/mol. The molecule has 2 aromatic rings. The largest absolute Gasteiger partial charge is 0.366 e. The molecule has 116 valence electrons. The minimum Gasteiger partial charge on any atom is -0.366 e. The second-order valence-electron chi connectivity index (χ2n) is 6.02. The van der Waals surface area contributed by atoms with Gasteiger partial charge in [0.1, 0.15) is 0 Å². The summed E-state index contributed by atoms with van der Waals surface area (Å²) >= 11 is 0. The molecule has 2 aromatic carbocycles. The number of rotatable bonds is 5. The Morgan fingerprint density at radius 2 is 1.50 bits per heavy atom. The predicted molar refractivity (Wildman–Crippen MR) is 94.5 cm³/mol. The molecule has 1 aliphatic rings. The van der Waals surface area contributed by atoms with Gasteiger partial charge in [-0.25, -0.2) is 0 Å². The molecule has 0 N–H and O–H groups in total. The third kappa shape index (κ3) is 3.17. The van der Waals surface area contributed by atoms with E-state index < -0.39 is 0 Å². The molecular formula is C20H26N2. The smallest absolute Gasteiger partial charge is 0.0432 e. The van der Waals surface area contributed by atoms with E-state index in [4.69, 9.17) is 0 Å². The lowest BCUT2D eigenvalue weighted by Crippen LogP contribution is -2.34. The highest BCUT2D eigenvalue weighted by Gasteiger charge is 2.18. The number of fused-ring (bicyclic) bond motifs is 2. The van der Waals surface area contributed by atoms with Crippen molar-refractivity contribution in [3.63, 3.8) is 0 Å². The summed E-state index contributed by atoms with van der Waals surface area (Å²) in [6.45, 7) is 9.99. The van der Waals surface area contributed by atoms with Gasteiger partial charge in [0.2, 0.25) is 0 Å². The van der Waals surface area contributed by atoms with Crippen LogP contribution in [0, 0.1) is 0 Å². The molecule has 0 spiro atoms. The van der Waals surface area contributed by atoms with Crippen LogP contribution in [0.3, 0.4) is 0 Å². The first kappa shape index (κ1) is 15.1. The zero-order chi connectivity index (χ0) is 15.4. The van der Waals surface area contributed by atoms with Crippen LogP contribution in [0.25, 0.3) is 0 Å². The number of likely N-dealkylation sites (N-methyl/N-ethyl adjacent to an activating group) is 1. The Hall–Kier alpha value is -1.80. The van der Waals surface area contributed by atoms with Gasteiger partial charge in [-0.1, -0.05) is 56.3 Å². The molecular weight excluding hydrogens is 268 g/mol. The van der Waals surface area contributed by atoms with E-state index >= 15 is 0 Å². The summed E-state index contributed by atoms with van der Waals surface area (Å²) in [6, 6.07) is 17.8. The van der Waals surface area contributed by atoms with Gasteiger partial charge in [0.05, 0.1) is 0 Å². The second kappa shape index (κ2) is 6.97. The Balaban J connectivity index is 1.88. The molecule has 0 saturated heterocycles. The Morgan fingerprint density at radius 1 is 0.864 bits per heavy atom. The molecule has 0 amide bonds. The maximum atomic E-state index is 2.56. The molecule has 0 atom stereocenters. The topological polar surface area (TPSA) is 6.48 Å². The first-order chi connectivity index (χ1) is 10.8. The Labute approximate surface area is 134 Å². The zero-order valence-corrected chi connectivity index (χ0v) is 13.8. The maximum Gasteiger partial charge on any atom is 0.0432 e. The molecule has 2 nitrogen and oxygen atoms in total. The lowest BCUT2D eigenvalue weighted by molar-refractivity contribution is 0.309. The fraction of sp³-hybridized carbons (Fsp3) is 0.400. The Kier molecular flexibility index (Phi) is 4.79. The van der Waals surface area contributed by atoms with Gasteiger partial charge in [-0.2, -0.15) is 0 Å². The van der Waals surface area contributed by atoms with Gasteiger partial charge < -0.3 is 9.80 Å². The number of nitrogens with zero attached hydrogens (tertiary/aromatic N) is 2. The van der Waals surface area contributed by atoms with Crippen molar-refractivity contribution in [2.45, 2.75) is 26.8 Å². The zero-order valence-electron chi connectivity index (χ0n) is 13.8. The van der Waals surface area contributed by atoms with E-state index in [-0.39, 0.29) is 0 Å². The van der Waals surface area contributed by atoms with Crippen molar-refractivity contribution in [1.29, 1.82) is 0 Å². The number of para-hydroxylation sites is 1. The van der Waals surface area contributed by atoms with Crippen LogP contribution in [0.1, 0.15) is 30.5 Å². The lowest BCUT2D eigenvalue weighted by atomic mass is 10.0. The van der Waals surface area contributed by atoms with Crippen LogP contribution in [0.4, 0.5) is 5.69 Å². The van der Waals surface area contributed by atoms with Crippen LogP contribution >= 0.6 is 0 Å². The van der Waals surface area contributed by atoms with E-state index in [1.165, 1.54) is 22.4 Å². The third-order valence-corrected chi connectivity index (χ3v) is 4.77. The number of anilines is 1. The second-order valence-corrected chi connectivity index (χ2v) is 6.02. The average molecular weight is 294 g/mol. The molecule has 0 unspecified atom stereocenters. The van der Waals surface area contributed by atoms with Crippen LogP contribution in [0.5, 0.6) is 0 Å². The summed E-state index contributed by atoms with van der Waals surface area (Å²) in [5, 5.41) is 0. The van der Waals surface area contributed by atoms with Gasteiger partial charge in [-0.15, -0.1) is 0 Å². The summed E-state index contributed by atoms with van der Waals surface area (Å²) in [7, 11) is 0. The summed E-state index contributed by atoms with van der Waals surface area (Å²) < 4.78 is 0. The highest BCUT2D eigenvalue weighted by atomic mass is 15.2. The molecule has 0 aromatic heterocycles. The van der Waals surface area contributed by atoms with Crippen LogP contribution in [0.2, 0.25) is 0 Å². The van der Waals surface area contributed by atoms with E-state index in [1.807, 2.05) is 0 Å². The summed E-state index contributed by atoms with van der Waals surface area (Å²) in [4.78, 5) is 5.05. The fourth-order valence-corrected chi connectivity index (χ4v) is 3.35. The normalized spacial score (nSPS) is 13.7. The number of benzene rings is 2. The van der Waals surface area contributed by atoms with Crippen molar-refractivity contribution in [1.82, 2.24) is 4.90 Å². The number of hydrogen-bond donors (Lipinski definition) is 0. The average Bonchev–Trinajstić information content (AvgIpc) is 2.72. The standard InChI is InChI=1S/C20H26N2/c1-3-21(4-2)13-14-22-16-19-11-6-5-9-17(19)15-18-10-7-8-12-20(18)22/h5-12H,3-4,13-16H2,1-2H3. The third-order valence-electron chi connectivity index (χ3n) is 4.77. The molecule has 3 rings (SSSR count). The van der Waals surface area contributed by atoms with Gasteiger partial charge in [-0.3, -0.25) is 0 Å². The van der Waals surface area contributed by atoms with Crippen molar-refractivity contribution in [2.24, 2.45) is 0 Å². The Morgan fingerprint density at radius 3 is 2.23 bits per heavy atom. The minimum atomic E-state index is 1.02. The highest BCUT2D eigenvalue weighted by molar-refractivity contribution is 5.58. The van der Waals surface area contributed by atoms with Crippen LogP contribution in [-0.2, 0) is 13.0 Å². The van der Waals surface area contributed by atoms with E-state index in [0.29, 0.717) is 0 Å². The van der Waals surface area contributed by atoms with Crippen molar-refractivity contribution >= 4 is 5.69 Å². The summed E-state index contributed by atoms with van der Waals surface area (Å²) in [5.41, 5.74) is 5.80. The SMILES string of the molecule is CCN(CC)CCN1Cc2ccccc2Cc2ccccc21. The Bertz CT molecular complexity index is 617. The molecule has 0 aliphatic carbocycles. The van der Waals surface area contributed by atoms with Crippen molar-refractivity contribution in [2.75, 3.05) is 31.1 Å². The van der Waals surface area contributed by atoms with E-state index in [2.05, 4.69) is 72.2 Å². The van der Waals surface area contributed by atoms with Crippen LogP contribution in [0.15, 0.2) is 48.5 Å². The quantitative estimate of drug-likeness (QED) is 0.824. The van der Waals surface area contributed by atoms with E-state index in [9.17, 15) is 0 Å². The molecule has 0 fully saturated rings. The summed E-state index contributed by atoms with van der Waals surface area (Å²) in [6.07, 6.45) is 1.05. The van der Waals surface area contributed by atoms with Gasteiger partial charge >= 0.3 is 0 Å². The lowest BCUT2D eigenvalue weighted by Gasteiger charge is -2.28. The molecule has 0 radical (unpaired) electrons. The molecule has 2 heteroatoms. The van der Waals surface area contributed by atoms with E-state index in [1.54, 1.807) is 0 Å². The summed E-state index contributed by atoms with van der Waals surface area (Å²) in [5.74, 6) is 0. The van der Waals surface area contributed by atoms with Crippen molar-refractivity contribution in [3.8, 4) is 0 Å². The van der Waals surface area contributed by atoms with E-state index in [0.717, 1.165) is 39.1 Å². The van der Waals surface area contributed by atoms with Crippen LogP contribution in [-0.4, -0.2) is 31.1 Å². The molecule has 1 aliphatic heterocycles. The number of hydrogen-bond acceptors (Lipinski definition) is 2. The van der Waals surface area contributed by atoms with Gasteiger partial charge in [0.15, 0.2) is 0 Å². The fourth-order valence-electron chi connectivity index (χ4n) is 3.35. The van der Waals surface area contributed by atoms with Gasteiger partial charge in [0.25, 0.3) is 0 Å². The minimum absolute atomic E-state index is 1.02. The van der Waals surface area contributed by atoms with Gasteiger partial charge in [-0.05, 0) is 42.3 Å². The highest BCUT2D eigenvalue weighted by Crippen LogP contribution is 2.30. The first-order valence-corrected chi connectivity index (χ1v) is 8.43. The van der Waals surface area contributed by atoms with Gasteiger partial charge in [0, 0.05) is 25.3 Å². The maximum absolute atomic E-state index is 2.56. The predicted octanol–water partition coefficient (Wildman–Crippen LogP) is 3.94. The van der Waals surface area contributed by atoms with Crippen molar-refractivity contribution < 1.29 is 0 Å². The molecule has 0 saturated carbocycles. The molecule has 22 heavy (non-hydrogen) atoms.